The first kappa shape index (κ1) is 22.6. The van der Waals surface area contributed by atoms with E-state index in [4.69, 9.17) is 9.47 Å². The number of rotatable bonds is 7. The highest BCUT2D eigenvalue weighted by atomic mass is 79.9. The molecule has 0 bridgehead atoms. The Morgan fingerprint density at radius 3 is 2.93 bits per heavy atom. The number of anilines is 1. The van der Waals surface area contributed by atoms with Crippen LogP contribution in [0.2, 0.25) is 0 Å². The summed E-state index contributed by atoms with van der Waals surface area (Å²) in [7, 11) is 1.88. The van der Waals surface area contributed by atoms with Crippen LogP contribution >= 0.6 is 15.9 Å². The molecule has 1 aliphatic rings. The van der Waals surface area contributed by atoms with Gasteiger partial charge in [0.05, 0.1) is 29.1 Å². The molecule has 1 aromatic heterocycles. The van der Waals surface area contributed by atoms with Crippen LogP contribution in [0.5, 0.6) is 5.75 Å². The van der Waals surface area contributed by atoms with Crippen LogP contribution in [0.25, 0.3) is 11.3 Å². The van der Waals surface area contributed by atoms with Gasteiger partial charge in [-0.25, -0.2) is 4.79 Å². The summed E-state index contributed by atoms with van der Waals surface area (Å²) in [5.41, 5.74) is 2.39. The summed E-state index contributed by atoms with van der Waals surface area (Å²) in [6, 6.07) is 6.11. The lowest BCUT2D eigenvalue weighted by Gasteiger charge is -2.18. The Kier molecular flexibility index (Phi) is 8.16. The number of carbonyl (C=O) groups is 1. The molecule has 164 valence electrons. The van der Waals surface area contributed by atoms with Gasteiger partial charge in [0.1, 0.15) is 5.75 Å². The highest BCUT2D eigenvalue weighted by Crippen LogP contribution is 2.37. The average molecular weight is 479 g/mol. The first-order valence-electron chi connectivity index (χ1n) is 10.6. The Labute approximate surface area is 186 Å². The average Bonchev–Trinajstić information content (AvgIpc) is 2.87. The third kappa shape index (κ3) is 6.22. The minimum atomic E-state index is -0.479. The number of amides is 1. The predicted molar refractivity (Wildman–Crippen MR) is 122 cm³/mol. The second kappa shape index (κ2) is 10.8. The van der Waals surface area contributed by atoms with E-state index < -0.39 is 6.09 Å². The van der Waals surface area contributed by atoms with Gasteiger partial charge in [-0.15, -0.1) is 0 Å². The normalized spacial score (nSPS) is 16.9. The monoisotopic (exact) mass is 478 g/mol. The van der Waals surface area contributed by atoms with E-state index in [2.05, 4.69) is 31.7 Å². The summed E-state index contributed by atoms with van der Waals surface area (Å²) in [5, 5.41) is 10.7. The lowest BCUT2D eigenvalue weighted by molar-refractivity contribution is 0.130. The van der Waals surface area contributed by atoms with Crippen molar-refractivity contribution in [3.63, 3.8) is 0 Å². The van der Waals surface area contributed by atoms with E-state index in [0.29, 0.717) is 18.3 Å². The number of aromatic nitrogens is 2. The van der Waals surface area contributed by atoms with Crippen LogP contribution in [0.15, 0.2) is 28.9 Å². The molecular weight excluding hydrogens is 448 g/mol. The zero-order chi connectivity index (χ0) is 21.5. The quantitative estimate of drug-likeness (QED) is 0.578. The van der Waals surface area contributed by atoms with Gasteiger partial charge < -0.3 is 14.8 Å². The fourth-order valence-corrected chi connectivity index (χ4v) is 4.21. The number of benzene rings is 1. The van der Waals surface area contributed by atoms with Gasteiger partial charge in [0.25, 0.3) is 0 Å². The molecule has 0 aliphatic carbocycles. The van der Waals surface area contributed by atoms with Crippen molar-refractivity contribution in [3.8, 4) is 17.0 Å². The Bertz CT molecular complexity index is 825. The Balaban J connectivity index is 1.76. The maximum atomic E-state index is 12.0. The molecule has 1 aliphatic heterocycles. The highest BCUT2D eigenvalue weighted by Gasteiger charge is 2.17. The molecule has 1 amide bonds. The Morgan fingerprint density at radius 1 is 1.37 bits per heavy atom. The Morgan fingerprint density at radius 2 is 2.20 bits per heavy atom. The molecule has 0 spiro atoms. The third-order valence-electron chi connectivity index (χ3n) is 5.10. The molecule has 1 atom stereocenters. The second-order valence-corrected chi connectivity index (χ2v) is 8.75. The number of hydrogen-bond acceptors (Lipinski definition) is 5. The van der Waals surface area contributed by atoms with Crippen molar-refractivity contribution < 1.29 is 14.3 Å². The van der Waals surface area contributed by atoms with Gasteiger partial charge in [0.15, 0.2) is 0 Å². The van der Waals surface area contributed by atoms with Crippen molar-refractivity contribution in [1.29, 1.82) is 0 Å². The molecule has 1 unspecified atom stereocenters. The number of aryl methyl sites for hydroxylation is 1. The molecule has 3 rings (SSSR count). The van der Waals surface area contributed by atoms with Crippen molar-refractivity contribution >= 4 is 27.7 Å². The van der Waals surface area contributed by atoms with Crippen LogP contribution in [0.1, 0.15) is 46.0 Å². The van der Waals surface area contributed by atoms with E-state index in [-0.39, 0.29) is 6.10 Å². The van der Waals surface area contributed by atoms with Gasteiger partial charge in [0.2, 0.25) is 0 Å². The molecule has 1 saturated heterocycles. The Hall–Kier alpha value is -2.06. The van der Waals surface area contributed by atoms with Crippen molar-refractivity contribution in [3.05, 3.63) is 28.9 Å². The van der Waals surface area contributed by atoms with Crippen molar-refractivity contribution in [1.82, 2.24) is 15.1 Å². The summed E-state index contributed by atoms with van der Waals surface area (Å²) in [5.74, 6) is 0.760. The van der Waals surface area contributed by atoms with Crippen LogP contribution in [-0.4, -0.2) is 41.2 Å². The van der Waals surface area contributed by atoms with Crippen LogP contribution in [0.4, 0.5) is 10.5 Å². The number of nitrogens with zero attached hydrogens (tertiary/aromatic N) is 2. The molecule has 2 aromatic rings. The van der Waals surface area contributed by atoms with E-state index in [1.54, 1.807) is 10.9 Å². The lowest BCUT2D eigenvalue weighted by atomic mass is 10.1. The zero-order valence-electron chi connectivity index (χ0n) is 17.9. The molecule has 2 heterocycles. The van der Waals surface area contributed by atoms with E-state index in [0.717, 1.165) is 34.4 Å². The van der Waals surface area contributed by atoms with E-state index >= 15 is 0 Å². The van der Waals surface area contributed by atoms with Crippen molar-refractivity contribution in [2.75, 3.05) is 18.5 Å². The number of ether oxygens (including phenoxy) is 2. The van der Waals surface area contributed by atoms with Crippen LogP contribution in [0, 0.1) is 0 Å². The topological polar surface area (TPSA) is 77.4 Å². The van der Waals surface area contributed by atoms with Crippen molar-refractivity contribution in [2.24, 2.45) is 7.05 Å². The first-order chi connectivity index (χ1) is 14.4. The summed E-state index contributed by atoms with van der Waals surface area (Å²) in [4.78, 5) is 12.0. The molecule has 8 heteroatoms. The first-order valence-corrected chi connectivity index (χ1v) is 11.4. The molecule has 0 radical (unpaired) electrons. The van der Waals surface area contributed by atoms with E-state index in [1.807, 2.05) is 39.1 Å². The standard InChI is InChI=1S/C22H31BrN4O3/c1-15(2)30-22(28)26-17-8-9-20(18(13-17)21-19(23)14-25-27(21)3)29-12-10-16-7-5-4-6-11-24-16/h8-9,13-16,24H,4-7,10-12H2,1-3H3,(H,26,28). The minimum absolute atomic E-state index is 0.184. The highest BCUT2D eigenvalue weighted by molar-refractivity contribution is 9.10. The fourth-order valence-electron chi connectivity index (χ4n) is 3.65. The second-order valence-electron chi connectivity index (χ2n) is 7.89. The van der Waals surface area contributed by atoms with Gasteiger partial charge in [0, 0.05) is 24.3 Å². The molecule has 1 aromatic carbocycles. The molecule has 7 nitrogen and oxygen atoms in total. The smallest absolute Gasteiger partial charge is 0.411 e. The fraction of sp³-hybridized carbons (Fsp3) is 0.545. The van der Waals surface area contributed by atoms with Gasteiger partial charge >= 0.3 is 6.09 Å². The predicted octanol–water partition coefficient (Wildman–Crippen LogP) is 5.11. The van der Waals surface area contributed by atoms with Gasteiger partial charge in [-0.05, 0) is 73.8 Å². The molecule has 1 fully saturated rings. The maximum Gasteiger partial charge on any atom is 0.411 e. The summed E-state index contributed by atoms with van der Waals surface area (Å²) in [6.07, 6.45) is 7.08. The largest absolute Gasteiger partial charge is 0.493 e. The molecule has 0 saturated carbocycles. The van der Waals surface area contributed by atoms with E-state index in [9.17, 15) is 4.79 Å². The molecular formula is C22H31BrN4O3. The number of hydrogen-bond donors (Lipinski definition) is 2. The zero-order valence-corrected chi connectivity index (χ0v) is 19.5. The third-order valence-corrected chi connectivity index (χ3v) is 5.68. The van der Waals surface area contributed by atoms with Gasteiger partial charge in [-0.3, -0.25) is 10.00 Å². The number of nitrogens with one attached hydrogen (secondary N) is 2. The minimum Gasteiger partial charge on any atom is -0.493 e. The molecule has 2 N–H and O–H groups in total. The number of carbonyl (C=O) groups excluding carboxylic acids is 1. The van der Waals surface area contributed by atoms with Crippen LogP contribution < -0.4 is 15.4 Å². The lowest BCUT2D eigenvalue weighted by Crippen LogP contribution is -2.29. The summed E-state index contributed by atoms with van der Waals surface area (Å²) in [6.45, 7) is 5.35. The molecule has 30 heavy (non-hydrogen) atoms. The van der Waals surface area contributed by atoms with Crippen LogP contribution in [0.3, 0.4) is 0 Å². The van der Waals surface area contributed by atoms with Crippen LogP contribution in [-0.2, 0) is 11.8 Å². The van der Waals surface area contributed by atoms with Gasteiger partial charge in [-0.1, -0.05) is 12.8 Å². The summed E-state index contributed by atoms with van der Waals surface area (Å²) >= 11 is 3.57. The van der Waals surface area contributed by atoms with Gasteiger partial charge in [-0.2, -0.15) is 5.10 Å². The summed E-state index contributed by atoms with van der Waals surface area (Å²) < 4.78 is 14.0. The van der Waals surface area contributed by atoms with Crippen molar-refractivity contribution in [2.45, 2.75) is 58.1 Å². The maximum absolute atomic E-state index is 12.0. The number of halogens is 1. The SMILES string of the molecule is CC(C)OC(=O)Nc1ccc(OCCC2CCCCCN2)c(-c2c(Br)cnn2C)c1. The van der Waals surface area contributed by atoms with E-state index in [1.165, 1.54) is 25.7 Å².